The predicted octanol–water partition coefficient (Wildman–Crippen LogP) is -1.23. The van der Waals surface area contributed by atoms with Crippen molar-refractivity contribution in [1.82, 2.24) is 9.55 Å². The summed E-state index contributed by atoms with van der Waals surface area (Å²) in [5.74, 6) is -0.358. The van der Waals surface area contributed by atoms with Gasteiger partial charge in [-0.3, -0.25) is 4.57 Å². The number of rotatable bonds is 2. The summed E-state index contributed by atoms with van der Waals surface area (Å²) >= 11 is 0. The summed E-state index contributed by atoms with van der Waals surface area (Å²) in [6.45, 7) is -2.92. The molecule has 2 heterocycles. The van der Waals surface area contributed by atoms with Crippen LogP contribution in [0.1, 0.15) is 22.3 Å². The van der Waals surface area contributed by atoms with E-state index in [4.69, 9.17) is 19.7 Å². The zero-order chi connectivity index (χ0) is 15.1. The average molecular weight is 247 g/mol. The van der Waals surface area contributed by atoms with E-state index in [-0.39, 0.29) is 17.8 Å². The number of aliphatic hydroxyl groups excluding tert-OH is 2. The van der Waals surface area contributed by atoms with Crippen LogP contribution >= 0.6 is 0 Å². The number of hydrogen-bond acceptors (Lipinski definition) is 6. The Labute approximate surface area is 102 Å². The maximum atomic E-state index is 11.8. The molecule has 1 aliphatic heterocycles. The van der Waals surface area contributed by atoms with Gasteiger partial charge in [-0.2, -0.15) is 4.98 Å². The molecule has 7 heteroatoms. The molecule has 1 saturated heterocycles. The van der Waals surface area contributed by atoms with E-state index in [9.17, 15) is 9.90 Å². The molecule has 1 aromatic rings. The Bertz CT molecular complexity index is 560. The highest BCUT2D eigenvalue weighted by molar-refractivity contribution is 5.35. The summed E-state index contributed by atoms with van der Waals surface area (Å²) in [5.41, 5.74) is 4.41. The Morgan fingerprint density at radius 3 is 3.18 bits per heavy atom. The van der Waals surface area contributed by atoms with Gasteiger partial charge in [0.15, 0.2) is 0 Å². The first-order chi connectivity index (χ1) is 9.24. The largest absolute Gasteiger partial charge is 0.394 e. The molecule has 4 N–H and O–H groups in total. The zero-order valence-electron chi connectivity index (χ0n) is 11.9. The lowest BCUT2D eigenvalue weighted by Crippen LogP contribution is -2.28. The molecule has 1 aromatic heterocycles. The molecule has 2 rings (SSSR count). The average Bonchev–Trinajstić information content (AvgIpc) is 2.68. The van der Waals surface area contributed by atoms with E-state index in [0.29, 0.717) is 0 Å². The van der Waals surface area contributed by atoms with E-state index in [1.54, 1.807) is 0 Å². The summed E-state index contributed by atoms with van der Waals surface area (Å²) in [4.78, 5) is 15.2. The predicted molar refractivity (Wildman–Crippen MR) is 59.3 cm³/mol. The second kappa shape index (κ2) is 4.44. The van der Waals surface area contributed by atoms with Gasteiger partial charge >= 0.3 is 5.69 Å². The normalized spacial score (nSPS) is 31.9. The Hall–Kier alpha value is -1.44. The highest BCUT2D eigenvalue weighted by Gasteiger charge is 2.35. The molecule has 0 aromatic carbocycles. The number of hydrogen-bond donors (Lipinski definition) is 3. The molecule has 0 bridgehead atoms. The number of ether oxygens (including phenoxy) is 1. The standard InChI is InChI=1S/C10H15N3O4/c1-5-3-13(10(16)12-9(5)11)8-2-6(15)7(4-14)17-8/h3,6-8,14-15H,2,4H2,1H3,(H2,11,12,16)/t6-,7+,8+/m0/s1/i1T3. The van der Waals surface area contributed by atoms with Gasteiger partial charge in [-0.1, -0.05) is 0 Å². The highest BCUT2D eigenvalue weighted by atomic mass is 16.5. The quantitative estimate of drug-likeness (QED) is 0.604. The second-order valence-electron chi connectivity index (χ2n) is 3.84. The van der Waals surface area contributed by atoms with Gasteiger partial charge in [0.1, 0.15) is 18.1 Å². The Kier molecular flexibility index (Phi) is 2.25. The van der Waals surface area contributed by atoms with E-state index in [1.807, 2.05) is 0 Å². The minimum atomic E-state index is -2.51. The fraction of sp³-hybridized carbons (Fsp3) is 0.600. The Morgan fingerprint density at radius 2 is 2.59 bits per heavy atom. The van der Waals surface area contributed by atoms with Gasteiger partial charge in [-0.05, 0) is 6.85 Å². The molecular formula is C10H15N3O4. The van der Waals surface area contributed by atoms with Crippen LogP contribution in [0.3, 0.4) is 0 Å². The van der Waals surface area contributed by atoms with Crippen LogP contribution in [-0.2, 0) is 4.74 Å². The van der Waals surface area contributed by atoms with E-state index in [2.05, 4.69) is 4.98 Å². The van der Waals surface area contributed by atoms with E-state index >= 15 is 0 Å². The summed E-state index contributed by atoms with van der Waals surface area (Å²) in [7, 11) is 0. The minimum absolute atomic E-state index is 0.0527. The van der Waals surface area contributed by atoms with E-state index in [1.165, 1.54) is 0 Å². The first kappa shape index (κ1) is 8.62. The van der Waals surface area contributed by atoms with Crippen molar-refractivity contribution in [2.45, 2.75) is 31.7 Å². The Morgan fingerprint density at radius 1 is 1.82 bits per heavy atom. The molecule has 0 aliphatic carbocycles. The summed E-state index contributed by atoms with van der Waals surface area (Å²) in [6.07, 6.45) is -1.53. The number of aryl methyl sites for hydroxylation is 1. The number of nitrogens with two attached hydrogens (primary N) is 1. The molecule has 94 valence electrons. The van der Waals surface area contributed by atoms with Crippen molar-refractivity contribution >= 4 is 5.82 Å². The van der Waals surface area contributed by atoms with Crippen molar-refractivity contribution < 1.29 is 19.1 Å². The van der Waals surface area contributed by atoms with Gasteiger partial charge in [-0.15, -0.1) is 0 Å². The fourth-order valence-electron chi connectivity index (χ4n) is 1.74. The van der Waals surface area contributed by atoms with Gasteiger partial charge in [0.25, 0.3) is 0 Å². The van der Waals surface area contributed by atoms with Crippen molar-refractivity contribution in [3.05, 3.63) is 22.2 Å². The lowest BCUT2D eigenvalue weighted by molar-refractivity contribution is -0.0459. The molecule has 0 amide bonds. The van der Waals surface area contributed by atoms with Gasteiger partial charge in [-0.25, -0.2) is 4.79 Å². The van der Waals surface area contributed by atoms with Crippen molar-refractivity contribution in [2.75, 3.05) is 12.3 Å². The SMILES string of the molecule is [3H]C([3H])([3H])c1cn([C@H]2C[C@H](O)[C@@H](CO)O2)c(=O)nc1N. The Balaban J connectivity index is 2.41. The monoisotopic (exact) mass is 247 g/mol. The third-order valence-corrected chi connectivity index (χ3v) is 2.68. The fourth-order valence-corrected chi connectivity index (χ4v) is 1.74. The molecule has 17 heavy (non-hydrogen) atoms. The first-order valence-corrected chi connectivity index (χ1v) is 5.07. The topological polar surface area (TPSA) is 111 Å². The summed E-state index contributed by atoms with van der Waals surface area (Å²) in [5, 5.41) is 18.6. The van der Waals surface area contributed by atoms with Crippen LogP contribution in [0.5, 0.6) is 0 Å². The third kappa shape index (κ3) is 2.17. The molecule has 0 spiro atoms. The summed E-state index contributed by atoms with van der Waals surface area (Å²) in [6, 6.07) is 0. The molecule has 1 fully saturated rings. The molecule has 7 nitrogen and oxygen atoms in total. The van der Waals surface area contributed by atoms with Gasteiger partial charge in [0, 0.05) is 22.3 Å². The summed E-state index contributed by atoms with van der Waals surface area (Å²) < 4.78 is 28.3. The van der Waals surface area contributed by atoms with Gasteiger partial charge in [0.2, 0.25) is 0 Å². The lowest BCUT2D eigenvalue weighted by atomic mass is 10.2. The molecular weight excluding hydrogens is 226 g/mol. The number of nitrogen functional groups attached to an aromatic ring is 1. The van der Waals surface area contributed by atoms with Crippen molar-refractivity contribution in [3.8, 4) is 0 Å². The van der Waals surface area contributed by atoms with Crippen LogP contribution in [0.2, 0.25) is 0 Å². The van der Waals surface area contributed by atoms with Crippen LogP contribution in [0, 0.1) is 6.85 Å². The molecule has 1 aliphatic rings. The maximum absolute atomic E-state index is 11.8. The number of aliphatic hydroxyl groups is 2. The first-order valence-electron chi connectivity index (χ1n) is 6.57. The van der Waals surface area contributed by atoms with Crippen LogP contribution in [0.25, 0.3) is 0 Å². The second-order valence-corrected chi connectivity index (χ2v) is 3.84. The van der Waals surface area contributed by atoms with Crippen LogP contribution in [0.15, 0.2) is 11.0 Å². The van der Waals surface area contributed by atoms with Crippen molar-refractivity contribution in [1.29, 1.82) is 0 Å². The molecule has 0 saturated carbocycles. The maximum Gasteiger partial charge on any atom is 0.351 e. The number of aromatic nitrogens is 2. The van der Waals surface area contributed by atoms with E-state index in [0.717, 1.165) is 10.8 Å². The van der Waals surface area contributed by atoms with Crippen molar-refractivity contribution in [2.24, 2.45) is 0 Å². The highest BCUT2D eigenvalue weighted by Crippen LogP contribution is 2.27. The smallest absolute Gasteiger partial charge is 0.351 e. The lowest BCUT2D eigenvalue weighted by Gasteiger charge is -2.15. The third-order valence-electron chi connectivity index (χ3n) is 2.68. The number of nitrogens with zero attached hydrogens (tertiary/aromatic N) is 2. The van der Waals surface area contributed by atoms with Gasteiger partial charge in [0.05, 0.1) is 12.7 Å². The van der Waals surface area contributed by atoms with Crippen LogP contribution < -0.4 is 11.4 Å². The molecule has 3 atom stereocenters. The van der Waals surface area contributed by atoms with Crippen molar-refractivity contribution in [3.63, 3.8) is 0 Å². The molecule has 0 unspecified atom stereocenters. The van der Waals surface area contributed by atoms with Gasteiger partial charge < -0.3 is 20.7 Å². The zero-order valence-corrected chi connectivity index (χ0v) is 8.91. The van der Waals surface area contributed by atoms with Crippen LogP contribution in [-0.4, -0.2) is 38.6 Å². The van der Waals surface area contributed by atoms with E-state index < -0.39 is 37.6 Å². The minimum Gasteiger partial charge on any atom is -0.394 e. The number of anilines is 1. The molecule has 0 radical (unpaired) electrons. The van der Waals surface area contributed by atoms with Crippen LogP contribution in [0.4, 0.5) is 5.82 Å².